The van der Waals surface area contributed by atoms with Crippen LogP contribution in [0, 0.1) is 5.92 Å². The Hall–Kier alpha value is -1.67. The number of rotatable bonds is 4. The first-order valence-corrected chi connectivity index (χ1v) is 7.30. The van der Waals surface area contributed by atoms with Gasteiger partial charge in [-0.05, 0) is 12.8 Å². The Kier molecular flexibility index (Phi) is 5.13. The number of likely N-dealkylation sites (tertiary alicyclic amines) is 1. The quantitative estimate of drug-likeness (QED) is 0.528. The molecule has 0 bridgehead atoms. The van der Waals surface area contributed by atoms with Gasteiger partial charge in [0, 0.05) is 32.7 Å². The minimum absolute atomic E-state index is 0.0749. The number of hydrogen-bond donors (Lipinski definition) is 3. The van der Waals surface area contributed by atoms with Gasteiger partial charge in [-0.1, -0.05) is 0 Å². The van der Waals surface area contributed by atoms with Gasteiger partial charge in [-0.2, -0.15) is 0 Å². The molecule has 0 spiro atoms. The monoisotopic (exact) mass is 297 g/mol. The number of primary amides is 2. The Bertz CT molecular complexity index is 428. The van der Waals surface area contributed by atoms with Gasteiger partial charge in [0.05, 0.1) is 12.5 Å². The first kappa shape index (κ1) is 15.7. The number of hydrogen-bond acceptors (Lipinski definition) is 5. The molecule has 0 aromatic carbocycles. The lowest BCUT2D eigenvalue weighted by molar-refractivity contribution is -0.137. The second-order valence-electron chi connectivity index (χ2n) is 5.67. The molecule has 0 aliphatic carbocycles. The van der Waals surface area contributed by atoms with Crippen LogP contribution in [0.2, 0.25) is 0 Å². The highest BCUT2D eigenvalue weighted by Gasteiger charge is 2.32. The fourth-order valence-corrected chi connectivity index (χ4v) is 2.93. The lowest BCUT2D eigenvalue weighted by atomic mass is 9.97. The second-order valence-corrected chi connectivity index (χ2v) is 5.67. The SMILES string of the molecule is NC(=O)C1CCCN(C(=O)CN2CCNCC2C(N)=O)C1. The average molecular weight is 297 g/mol. The minimum Gasteiger partial charge on any atom is -0.369 e. The van der Waals surface area contributed by atoms with Crippen LogP contribution >= 0.6 is 0 Å². The molecule has 5 N–H and O–H groups in total. The summed E-state index contributed by atoms with van der Waals surface area (Å²) >= 11 is 0. The van der Waals surface area contributed by atoms with Crippen molar-refractivity contribution in [2.45, 2.75) is 18.9 Å². The van der Waals surface area contributed by atoms with Crippen LogP contribution in [0.5, 0.6) is 0 Å². The summed E-state index contributed by atoms with van der Waals surface area (Å²) in [5.74, 6) is -1.12. The van der Waals surface area contributed by atoms with Crippen LogP contribution in [0.3, 0.4) is 0 Å². The molecule has 0 radical (unpaired) electrons. The molecular weight excluding hydrogens is 274 g/mol. The van der Waals surface area contributed by atoms with Gasteiger partial charge in [0.15, 0.2) is 0 Å². The zero-order valence-electron chi connectivity index (χ0n) is 12.1. The van der Waals surface area contributed by atoms with E-state index in [0.29, 0.717) is 26.2 Å². The van der Waals surface area contributed by atoms with Crippen molar-refractivity contribution in [3.63, 3.8) is 0 Å². The Morgan fingerprint density at radius 1 is 1.14 bits per heavy atom. The number of nitrogens with zero attached hydrogens (tertiary/aromatic N) is 2. The van der Waals surface area contributed by atoms with E-state index in [2.05, 4.69) is 5.32 Å². The van der Waals surface area contributed by atoms with Gasteiger partial charge < -0.3 is 21.7 Å². The molecule has 8 heteroatoms. The van der Waals surface area contributed by atoms with Gasteiger partial charge in [-0.15, -0.1) is 0 Å². The van der Waals surface area contributed by atoms with E-state index >= 15 is 0 Å². The number of nitrogens with one attached hydrogen (secondary N) is 1. The van der Waals surface area contributed by atoms with Crippen LogP contribution in [0.4, 0.5) is 0 Å². The predicted octanol–water partition coefficient (Wildman–Crippen LogP) is -2.53. The summed E-state index contributed by atoms with van der Waals surface area (Å²) in [6.07, 6.45) is 1.51. The molecule has 2 atom stereocenters. The Balaban J connectivity index is 1.93. The van der Waals surface area contributed by atoms with E-state index in [0.717, 1.165) is 19.4 Å². The molecule has 2 saturated heterocycles. The fourth-order valence-electron chi connectivity index (χ4n) is 2.93. The number of carbonyl (C=O) groups excluding carboxylic acids is 3. The molecule has 2 aliphatic heterocycles. The van der Waals surface area contributed by atoms with Crippen molar-refractivity contribution in [2.24, 2.45) is 17.4 Å². The first-order valence-electron chi connectivity index (χ1n) is 7.30. The number of nitrogens with two attached hydrogens (primary N) is 2. The van der Waals surface area contributed by atoms with E-state index in [9.17, 15) is 14.4 Å². The number of amides is 3. The van der Waals surface area contributed by atoms with E-state index < -0.39 is 11.9 Å². The van der Waals surface area contributed by atoms with Gasteiger partial charge in [0.2, 0.25) is 17.7 Å². The van der Waals surface area contributed by atoms with Crippen LogP contribution in [-0.2, 0) is 14.4 Å². The van der Waals surface area contributed by atoms with E-state index in [4.69, 9.17) is 11.5 Å². The van der Waals surface area contributed by atoms with Crippen LogP contribution in [0.15, 0.2) is 0 Å². The summed E-state index contributed by atoms with van der Waals surface area (Å²) in [6, 6.07) is -0.459. The summed E-state index contributed by atoms with van der Waals surface area (Å²) in [5, 5.41) is 3.09. The fraction of sp³-hybridized carbons (Fsp3) is 0.769. The highest BCUT2D eigenvalue weighted by molar-refractivity contribution is 5.83. The van der Waals surface area contributed by atoms with Crippen molar-refractivity contribution in [3.8, 4) is 0 Å². The standard InChI is InChI=1S/C13H23N5O3/c14-12(20)9-2-1-4-18(7-9)11(19)8-17-5-3-16-6-10(17)13(15)21/h9-10,16H,1-8H2,(H2,14,20)(H2,15,21). The molecule has 21 heavy (non-hydrogen) atoms. The number of piperazine rings is 1. The van der Waals surface area contributed by atoms with Crippen molar-refractivity contribution < 1.29 is 14.4 Å². The van der Waals surface area contributed by atoms with Crippen LogP contribution in [0.1, 0.15) is 12.8 Å². The Labute approximate surface area is 123 Å². The summed E-state index contributed by atoms with van der Waals surface area (Å²) in [5.41, 5.74) is 10.7. The first-order chi connectivity index (χ1) is 9.99. The second kappa shape index (κ2) is 6.86. The molecule has 0 aromatic heterocycles. The molecule has 0 aromatic rings. The third kappa shape index (κ3) is 3.92. The molecule has 0 saturated carbocycles. The Morgan fingerprint density at radius 2 is 1.90 bits per heavy atom. The maximum Gasteiger partial charge on any atom is 0.236 e. The summed E-state index contributed by atoms with van der Waals surface area (Å²) < 4.78 is 0. The van der Waals surface area contributed by atoms with E-state index in [1.165, 1.54) is 0 Å². The van der Waals surface area contributed by atoms with Gasteiger partial charge in [-0.25, -0.2) is 0 Å². The lowest BCUT2D eigenvalue weighted by Crippen LogP contribution is -2.59. The van der Waals surface area contributed by atoms with Gasteiger partial charge in [0.1, 0.15) is 6.04 Å². The zero-order valence-corrected chi connectivity index (χ0v) is 12.1. The van der Waals surface area contributed by atoms with Crippen molar-refractivity contribution in [3.05, 3.63) is 0 Å². The zero-order chi connectivity index (χ0) is 15.4. The number of carbonyl (C=O) groups is 3. The lowest BCUT2D eigenvalue weighted by Gasteiger charge is -2.37. The van der Waals surface area contributed by atoms with Crippen molar-refractivity contribution in [2.75, 3.05) is 39.3 Å². The smallest absolute Gasteiger partial charge is 0.236 e. The molecule has 2 rings (SSSR count). The molecular formula is C13H23N5O3. The maximum atomic E-state index is 12.4. The molecule has 2 fully saturated rings. The third-order valence-corrected chi connectivity index (χ3v) is 4.20. The van der Waals surface area contributed by atoms with E-state index in [1.54, 1.807) is 9.80 Å². The van der Waals surface area contributed by atoms with Crippen LogP contribution in [-0.4, -0.2) is 72.8 Å². The van der Waals surface area contributed by atoms with Crippen LogP contribution < -0.4 is 16.8 Å². The maximum absolute atomic E-state index is 12.4. The van der Waals surface area contributed by atoms with Gasteiger partial charge in [0.25, 0.3) is 0 Å². The number of piperidine rings is 1. The third-order valence-electron chi connectivity index (χ3n) is 4.20. The van der Waals surface area contributed by atoms with E-state index in [-0.39, 0.29) is 24.3 Å². The molecule has 2 unspecified atom stereocenters. The largest absolute Gasteiger partial charge is 0.369 e. The Morgan fingerprint density at radius 3 is 2.57 bits per heavy atom. The minimum atomic E-state index is -0.459. The van der Waals surface area contributed by atoms with Gasteiger partial charge in [-0.3, -0.25) is 19.3 Å². The molecule has 118 valence electrons. The molecule has 2 aliphatic rings. The van der Waals surface area contributed by atoms with E-state index in [1.807, 2.05) is 0 Å². The summed E-state index contributed by atoms with van der Waals surface area (Å²) in [6.45, 7) is 2.96. The average Bonchev–Trinajstić information content (AvgIpc) is 2.47. The predicted molar refractivity (Wildman–Crippen MR) is 75.9 cm³/mol. The normalized spacial score (nSPS) is 27.3. The molecule has 8 nitrogen and oxygen atoms in total. The highest BCUT2D eigenvalue weighted by atomic mass is 16.2. The van der Waals surface area contributed by atoms with Crippen molar-refractivity contribution >= 4 is 17.7 Å². The highest BCUT2D eigenvalue weighted by Crippen LogP contribution is 2.16. The van der Waals surface area contributed by atoms with Crippen LogP contribution in [0.25, 0.3) is 0 Å². The van der Waals surface area contributed by atoms with Gasteiger partial charge >= 0.3 is 0 Å². The topological polar surface area (TPSA) is 122 Å². The summed E-state index contributed by atoms with van der Waals surface area (Å²) in [4.78, 5) is 38.5. The van der Waals surface area contributed by atoms with Crippen molar-refractivity contribution in [1.82, 2.24) is 15.1 Å². The summed E-state index contributed by atoms with van der Waals surface area (Å²) in [7, 11) is 0. The molecule has 3 amide bonds. The molecule has 2 heterocycles. The van der Waals surface area contributed by atoms with Crippen molar-refractivity contribution in [1.29, 1.82) is 0 Å².